The van der Waals surface area contributed by atoms with Gasteiger partial charge < -0.3 is 23.8 Å². The number of benzene rings is 1. The van der Waals surface area contributed by atoms with Gasteiger partial charge in [-0.3, -0.25) is 9.55 Å². The zero-order valence-corrected chi connectivity index (χ0v) is 20.3. The Hall–Kier alpha value is -2.08. The SMILES string of the molecule is CCCCc1cc(N(CP(=O)(OC(C)C)OC(C)C)c2cccnc2)cc(OC)c1O. The van der Waals surface area contributed by atoms with Gasteiger partial charge in [-0.1, -0.05) is 13.3 Å². The largest absolute Gasteiger partial charge is 0.504 e. The molecule has 8 heteroatoms. The second-order valence-electron chi connectivity index (χ2n) is 7.96. The minimum Gasteiger partial charge on any atom is -0.504 e. The summed E-state index contributed by atoms with van der Waals surface area (Å²) < 4.78 is 30.7. The minimum atomic E-state index is -3.50. The molecule has 0 radical (unpaired) electrons. The lowest BCUT2D eigenvalue weighted by atomic mass is 10.1. The molecule has 0 fully saturated rings. The van der Waals surface area contributed by atoms with Crippen molar-refractivity contribution in [1.29, 1.82) is 0 Å². The van der Waals surface area contributed by atoms with Crippen LogP contribution in [-0.2, 0) is 20.0 Å². The van der Waals surface area contributed by atoms with Crippen molar-refractivity contribution in [3.05, 3.63) is 42.2 Å². The number of hydrogen-bond donors (Lipinski definition) is 1. The maximum absolute atomic E-state index is 13.7. The molecule has 0 aliphatic rings. The predicted octanol–water partition coefficient (Wildman–Crippen LogP) is 6.28. The number of hydrogen-bond acceptors (Lipinski definition) is 7. The fourth-order valence-corrected chi connectivity index (χ4v) is 5.39. The van der Waals surface area contributed by atoms with Gasteiger partial charge in [-0.2, -0.15) is 0 Å². The van der Waals surface area contributed by atoms with Crippen LogP contribution in [0.15, 0.2) is 36.7 Å². The van der Waals surface area contributed by atoms with Crippen LogP contribution < -0.4 is 9.64 Å². The molecule has 0 unspecified atom stereocenters. The van der Waals surface area contributed by atoms with Gasteiger partial charge in [-0.25, -0.2) is 0 Å². The summed E-state index contributed by atoms with van der Waals surface area (Å²) in [6, 6.07) is 7.32. The predicted molar refractivity (Wildman–Crippen MR) is 125 cm³/mol. The molecule has 0 saturated carbocycles. The lowest BCUT2D eigenvalue weighted by Crippen LogP contribution is -2.23. The molecule has 1 aromatic heterocycles. The molecule has 0 amide bonds. The highest BCUT2D eigenvalue weighted by Gasteiger charge is 2.32. The summed E-state index contributed by atoms with van der Waals surface area (Å²) >= 11 is 0. The number of aryl methyl sites for hydroxylation is 1. The van der Waals surface area contributed by atoms with E-state index >= 15 is 0 Å². The molecular formula is C23H35N2O5P. The Balaban J connectivity index is 2.58. The number of rotatable bonds is 12. The van der Waals surface area contributed by atoms with Crippen molar-refractivity contribution >= 4 is 19.0 Å². The number of aromatic hydroxyl groups is 1. The Morgan fingerprint density at radius 1 is 1.13 bits per heavy atom. The van der Waals surface area contributed by atoms with Crippen molar-refractivity contribution in [2.45, 2.75) is 66.1 Å². The topological polar surface area (TPSA) is 81.1 Å². The molecular weight excluding hydrogens is 415 g/mol. The molecule has 172 valence electrons. The van der Waals surface area contributed by atoms with E-state index < -0.39 is 7.60 Å². The average molecular weight is 451 g/mol. The van der Waals surface area contributed by atoms with Crippen LogP contribution in [0.2, 0.25) is 0 Å². The van der Waals surface area contributed by atoms with Crippen LogP contribution in [0.4, 0.5) is 11.4 Å². The summed E-state index contributed by atoms with van der Waals surface area (Å²) in [5, 5.41) is 10.6. The van der Waals surface area contributed by atoms with E-state index in [4.69, 9.17) is 13.8 Å². The van der Waals surface area contributed by atoms with Crippen LogP contribution in [-0.4, -0.2) is 35.7 Å². The van der Waals surface area contributed by atoms with Crippen molar-refractivity contribution in [3.8, 4) is 11.5 Å². The molecule has 7 nitrogen and oxygen atoms in total. The Kier molecular flexibility index (Phi) is 9.35. The smallest absolute Gasteiger partial charge is 0.350 e. The fourth-order valence-electron chi connectivity index (χ4n) is 3.25. The summed E-state index contributed by atoms with van der Waals surface area (Å²) in [5.74, 6) is 0.493. The fraction of sp³-hybridized carbons (Fsp3) is 0.522. The number of ether oxygens (including phenoxy) is 1. The highest BCUT2D eigenvalue weighted by molar-refractivity contribution is 7.54. The molecule has 1 N–H and O–H groups in total. The third kappa shape index (κ3) is 7.23. The zero-order valence-electron chi connectivity index (χ0n) is 19.4. The van der Waals surface area contributed by atoms with E-state index in [2.05, 4.69) is 11.9 Å². The molecule has 1 heterocycles. The van der Waals surface area contributed by atoms with Crippen molar-refractivity contribution in [2.24, 2.45) is 0 Å². The van der Waals surface area contributed by atoms with Gasteiger partial charge >= 0.3 is 7.60 Å². The van der Waals surface area contributed by atoms with Crippen molar-refractivity contribution in [1.82, 2.24) is 4.98 Å². The first kappa shape index (κ1) is 25.2. The first-order valence-electron chi connectivity index (χ1n) is 10.7. The van der Waals surface area contributed by atoms with Gasteiger partial charge in [0.05, 0.1) is 31.2 Å². The Bertz CT molecular complexity index is 860. The van der Waals surface area contributed by atoms with E-state index in [1.807, 2.05) is 50.8 Å². The quantitative estimate of drug-likeness (QED) is 0.381. The average Bonchev–Trinajstić information content (AvgIpc) is 2.71. The third-order valence-electron chi connectivity index (χ3n) is 4.48. The van der Waals surface area contributed by atoms with Gasteiger partial charge in [-0.15, -0.1) is 0 Å². The number of unbranched alkanes of at least 4 members (excludes halogenated alkanes) is 1. The number of phenols is 1. The molecule has 31 heavy (non-hydrogen) atoms. The molecule has 1 aromatic carbocycles. The van der Waals surface area contributed by atoms with Gasteiger partial charge in [-0.05, 0) is 64.3 Å². The maximum atomic E-state index is 13.7. The molecule has 0 aliphatic heterocycles. The first-order chi connectivity index (χ1) is 14.7. The second-order valence-corrected chi connectivity index (χ2v) is 9.89. The highest BCUT2D eigenvalue weighted by Crippen LogP contribution is 2.53. The second kappa shape index (κ2) is 11.5. The van der Waals surface area contributed by atoms with Crippen LogP contribution in [0.5, 0.6) is 11.5 Å². The number of aromatic nitrogens is 1. The highest BCUT2D eigenvalue weighted by atomic mass is 31.2. The number of anilines is 2. The summed E-state index contributed by atoms with van der Waals surface area (Å²) in [6.45, 7) is 9.42. The number of nitrogens with zero attached hydrogens (tertiary/aromatic N) is 2. The first-order valence-corrected chi connectivity index (χ1v) is 12.4. The Morgan fingerprint density at radius 2 is 1.81 bits per heavy atom. The normalized spacial score (nSPS) is 11.9. The van der Waals surface area contributed by atoms with Crippen LogP contribution in [0.25, 0.3) is 0 Å². The molecule has 0 atom stereocenters. The maximum Gasteiger partial charge on any atom is 0.350 e. The summed E-state index contributed by atoms with van der Waals surface area (Å²) in [6.07, 6.45) is 5.47. The molecule has 2 aromatic rings. The third-order valence-corrected chi connectivity index (χ3v) is 6.60. The van der Waals surface area contributed by atoms with Gasteiger partial charge in [0, 0.05) is 18.0 Å². The van der Waals surface area contributed by atoms with E-state index in [1.54, 1.807) is 18.5 Å². The summed E-state index contributed by atoms with van der Waals surface area (Å²) in [5.41, 5.74) is 2.22. The number of methoxy groups -OCH3 is 1. The molecule has 0 bridgehead atoms. The Labute approximate surface area is 185 Å². The van der Waals surface area contributed by atoms with E-state index in [0.29, 0.717) is 17.9 Å². The molecule has 0 aliphatic carbocycles. The van der Waals surface area contributed by atoms with E-state index in [9.17, 15) is 9.67 Å². The summed E-state index contributed by atoms with van der Waals surface area (Å²) in [4.78, 5) is 6.06. The van der Waals surface area contributed by atoms with Gasteiger partial charge in [0.2, 0.25) is 0 Å². The van der Waals surface area contributed by atoms with Gasteiger partial charge in [0.1, 0.15) is 6.29 Å². The minimum absolute atomic E-state index is 0.00377. The van der Waals surface area contributed by atoms with Crippen molar-refractivity contribution in [3.63, 3.8) is 0 Å². The van der Waals surface area contributed by atoms with Crippen LogP contribution in [0.3, 0.4) is 0 Å². The Morgan fingerprint density at radius 3 is 2.32 bits per heavy atom. The van der Waals surface area contributed by atoms with Crippen molar-refractivity contribution < 1.29 is 23.5 Å². The van der Waals surface area contributed by atoms with E-state index in [1.165, 1.54) is 7.11 Å². The monoisotopic (exact) mass is 450 g/mol. The number of pyridine rings is 1. The van der Waals surface area contributed by atoms with Crippen LogP contribution in [0.1, 0.15) is 53.0 Å². The lowest BCUT2D eigenvalue weighted by Gasteiger charge is -2.31. The van der Waals surface area contributed by atoms with E-state index in [0.717, 1.165) is 24.1 Å². The molecule has 0 spiro atoms. The van der Waals surface area contributed by atoms with Crippen molar-refractivity contribution in [2.75, 3.05) is 18.3 Å². The zero-order chi connectivity index (χ0) is 23.0. The van der Waals surface area contributed by atoms with Gasteiger partial charge in [0.25, 0.3) is 0 Å². The van der Waals surface area contributed by atoms with E-state index in [-0.39, 0.29) is 24.2 Å². The van der Waals surface area contributed by atoms with Crippen LogP contribution in [0, 0.1) is 0 Å². The molecule has 2 rings (SSSR count). The lowest BCUT2D eigenvalue weighted by molar-refractivity contribution is 0.143. The van der Waals surface area contributed by atoms with Gasteiger partial charge in [0.15, 0.2) is 11.5 Å². The van der Waals surface area contributed by atoms with Crippen LogP contribution >= 0.6 is 7.60 Å². The summed E-state index contributed by atoms with van der Waals surface area (Å²) in [7, 11) is -1.98. The standard InChI is InChI=1S/C23H35N2O5P/c1-7-8-10-19-13-21(14-22(28-6)23(19)26)25(20-11-9-12-24-15-20)16-31(27,29-17(2)3)30-18(4)5/h9,11-15,17-18,26H,7-8,10,16H2,1-6H3. The number of phenolic OH excluding ortho intramolecular Hbond substituents is 1. The molecule has 0 saturated heterocycles.